The molecular weight excluding hydrogens is 334 g/mol. The van der Waals surface area contributed by atoms with Gasteiger partial charge in [0.05, 0.1) is 0 Å². The zero-order valence-corrected chi connectivity index (χ0v) is 16.4. The molecule has 1 aromatic carbocycles. The molecule has 0 bridgehead atoms. The normalized spacial score (nSPS) is 14.3. The highest BCUT2D eigenvalue weighted by molar-refractivity contribution is 5.57. The van der Waals surface area contributed by atoms with Crippen LogP contribution in [0.15, 0.2) is 43.1 Å². The zero-order valence-electron chi connectivity index (χ0n) is 16.4. The van der Waals surface area contributed by atoms with Crippen molar-refractivity contribution in [2.75, 3.05) is 37.3 Å². The molecule has 1 saturated heterocycles. The van der Waals surface area contributed by atoms with Crippen molar-refractivity contribution in [3.8, 4) is 0 Å². The van der Waals surface area contributed by atoms with Gasteiger partial charge in [-0.3, -0.25) is 0 Å². The molecule has 1 aliphatic rings. The fourth-order valence-electron chi connectivity index (χ4n) is 3.64. The summed E-state index contributed by atoms with van der Waals surface area (Å²) >= 11 is 0. The highest BCUT2D eigenvalue weighted by atomic mass is 15.1. The summed E-state index contributed by atoms with van der Waals surface area (Å²) in [6, 6.07) is 8.39. The summed E-state index contributed by atoms with van der Waals surface area (Å²) in [5, 5.41) is 6.37. The van der Waals surface area contributed by atoms with E-state index in [1.165, 1.54) is 56.4 Å². The van der Waals surface area contributed by atoms with E-state index in [1.54, 1.807) is 6.20 Å². The van der Waals surface area contributed by atoms with Crippen molar-refractivity contribution in [2.45, 2.75) is 38.5 Å². The fourth-order valence-corrected chi connectivity index (χ4v) is 3.64. The maximum atomic E-state index is 4.44. The van der Waals surface area contributed by atoms with Gasteiger partial charge in [0.2, 0.25) is 5.95 Å². The second-order valence-electron chi connectivity index (χ2n) is 7.12. The third-order valence-corrected chi connectivity index (χ3v) is 5.11. The first-order valence-electron chi connectivity index (χ1n) is 10.0. The lowest BCUT2D eigenvalue weighted by molar-refractivity contribution is 0.330. The van der Waals surface area contributed by atoms with E-state index in [9.17, 15) is 0 Å². The van der Waals surface area contributed by atoms with Crippen LogP contribution in [0.4, 0.5) is 17.5 Å². The van der Waals surface area contributed by atoms with E-state index >= 15 is 0 Å². The predicted molar refractivity (Wildman–Crippen MR) is 114 cm³/mol. The van der Waals surface area contributed by atoms with Crippen LogP contribution in [0.3, 0.4) is 0 Å². The van der Waals surface area contributed by atoms with Gasteiger partial charge in [0, 0.05) is 18.9 Å². The van der Waals surface area contributed by atoms with Crippen LogP contribution in [0.1, 0.15) is 36.8 Å². The number of anilines is 3. The first-order chi connectivity index (χ1) is 13.3. The zero-order chi connectivity index (χ0) is 18.9. The van der Waals surface area contributed by atoms with Gasteiger partial charge in [0.15, 0.2) is 0 Å². The minimum Gasteiger partial charge on any atom is -0.373 e. The highest BCUT2D eigenvalue weighted by Crippen LogP contribution is 2.22. The van der Waals surface area contributed by atoms with E-state index in [1.807, 2.05) is 19.2 Å². The second kappa shape index (κ2) is 10.1. The number of nitrogens with zero attached hydrogens (tertiary/aromatic N) is 3. The Bertz CT molecular complexity index is 737. The summed E-state index contributed by atoms with van der Waals surface area (Å²) in [5.41, 5.74) is 3.79. The molecule has 2 N–H and O–H groups in total. The fraction of sp³-hybridized carbons (Fsp3) is 0.455. The molecule has 0 spiro atoms. The number of unbranched alkanes of at least 4 members (excludes halogenated alkanes) is 1. The van der Waals surface area contributed by atoms with Crippen LogP contribution in [-0.4, -0.2) is 41.5 Å². The molecule has 5 nitrogen and oxygen atoms in total. The molecule has 0 amide bonds. The van der Waals surface area contributed by atoms with E-state index in [2.05, 4.69) is 50.3 Å². The lowest BCUT2D eigenvalue weighted by Gasteiger charge is -2.15. The summed E-state index contributed by atoms with van der Waals surface area (Å²) in [4.78, 5) is 11.3. The van der Waals surface area contributed by atoms with Crippen LogP contribution < -0.4 is 10.6 Å². The Kier molecular flexibility index (Phi) is 7.22. The van der Waals surface area contributed by atoms with Crippen molar-refractivity contribution in [3.05, 3.63) is 54.2 Å². The van der Waals surface area contributed by atoms with E-state index in [0.29, 0.717) is 5.95 Å². The van der Waals surface area contributed by atoms with Gasteiger partial charge in [0.1, 0.15) is 5.82 Å². The van der Waals surface area contributed by atoms with Crippen LogP contribution in [-0.2, 0) is 12.8 Å². The Balaban J connectivity index is 1.63. The number of hydrogen-bond donors (Lipinski definition) is 2. The Morgan fingerprint density at radius 3 is 2.78 bits per heavy atom. The van der Waals surface area contributed by atoms with Gasteiger partial charge in [-0.15, -0.1) is 6.58 Å². The molecule has 0 atom stereocenters. The average Bonchev–Trinajstić information content (AvgIpc) is 3.21. The number of aryl methyl sites for hydroxylation is 1. The summed E-state index contributed by atoms with van der Waals surface area (Å²) in [5.74, 6) is 1.41. The van der Waals surface area contributed by atoms with Crippen LogP contribution >= 0.6 is 0 Å². The molecule has 1 aliphatic heterocycles. The number of likely N-dealkylation sites (tertiary alicyclic amines) is 1. The molecule has 2 heterocycles. The Labute approximate surface area is 162 Å². The molecule has 0 unspecified atom stereocenters. The average molecular weight is 366 g/mol. The van der Waals surface area contributed by atoms with Gasteiger partial charge in [0.25, 0.3) is 0 Å². The summed E-state index contributed by atoms with van der Waals surface area (Å²) in [6.45, 7) is 7.71. The molecule has 27 heavy (non-hydrogen) atoms. The molecule has 1 fully saturated rings. The predicted octanol–water partition coefficient (Wildman–Crippen LogP) is 4.41. The van der Waals surface area contributed by atoms with Crippen LogP contribution in [0.2, 0.25) is 0 Å². The van der Waals surface area contributed by atoms with Gasteiger partial charge in [-0.05, 0) is 87.5 Å². The molecule has 0 aliphatic carbocycles. The summed E-state index contributed by atoms with van der Waals surface area (Å²) in [6.07, 6.45) is 11.0. The number of hydrogen-bond acceptors (Lipinski definition) is 5. The monoisotopic (exact) mass is 365 g/mol. The van der Waals surface area contributed by atoms with Gasteiger partial charge in [-0.2, -0.15) is 4.98 Å². The molecule has 1 aromatic heterocycles. The molecular formula is C22H31N5. The lowest BCUT2D eigenvalue weighted by atomic mass is 9.98. The van der Waals surface area contributed by atoms with E-state index < -0.39 is 0 Å². The quantitative estimate of drug-likeness (QED) is 0.482. The minimum atomic E-state index is 0.610. The highest BCUT2D eigenvalue weighted by Gasteiger charge is 2.11. The van der Waals surface area contributed by atoms with E-state index in [-0.39, 0.29) is 0 Å². The number of rotatable bonds is 10. The van der Waals surface area contributed by atoms with E-state index in [4.69, 9.17) is 0 Å². The number of nitrogens with one attached hydrogen (secondary N) is 2. The topological polar surface area (TPSA) is 53.1 Å². The summed E-state index contributed by atoms with van der Waals surface area (Å²) in [7, 11) is 1.86. The Hall–Kier alpha value is -2.40. The van der Waals surface area contributed by atoms with Crippen LogP contribution in [0.25, 0.3) is 0 Å². The minimum absolute atomic E-state index is 0.610. The van der Waals surface area contributed by atoms with Crippen LogP contribution in [0, 0.1) is 0 Å². The summed E-state index contributed by atoms with van der Waals surface area (Å²) < 4.78 is 0. The number of benzene rings is 1. The number of aromatic nitrogens is 2. The van der Waals surface area contributed by atoms with Crippen molar-refractivity contribution in [1.82, 2.24) is 14.9 Å². The standard InChI is InChI=1S/C22H31N5/c1-3-8-18-10-11-20(25-22-24-13-12-21(23-2)26-22)17-19(18)9-4-5-14-27-15-6-7-16-27/h3,10-13,17H,1,4-9,14-16H2,2H3,(H2,23,24,25,26). The van der Waals surface area contributed by atoms with Crippen molar-refractivity contribution in [1.29, 1.82) is 0 Å². The van der Waals surface area contributed by atoms with Crippen molar-refractivity contribution < 1.29 is 0 Å². The van der Waals surface area contributed by atoms with Gasteiger partial charge in [-0.1, -0.05) is 12.1 Å². The smallest absolute Gasteiger partial charge is 0.229 e. The molecule has 0 saturated carbocycles. The lowest BCUT2D eigenvalue weighted by Crippen LogP contribution is -2.20. The molecule has 2 aromatic rings. The van der Waals surface area contributed by atoms with Crippen molar-refractivity contribution in [3.63, 3.8) is 0 Å². The SMILES string of the molecule is C=CCc1ccc(Nc2nccc(NC)n2)cc1CCCCN1CCCC1. The largest absolute Gasteiger partial charge is 0.373 e. The van der Waals surface area contributed by atoms with Crippen molar-refractivity contribution >= 4 is 17.5 Å². The Morgan fingerprint density at radius 1 is 1.15 bits per heavy atom. The maximum absolute atomic E-state index is 4.44. The third kappa shape index (κ3) is 5.79. The van der Waals surface area contributed by atoms with Gasteiger partial charge >= 0.3 is 0 Å². The molecule has 144 valence electrons. The molecule has 3 rings (SSSR count). The molecule has 0 radical (unpaired) electrons. The van der Waals surface area contributed by atoms with E-state index in [0.717, 1.165) is 24.3 Å². The van der Waals surface area contributed by atoms with Crippen molar-refractivity contribution in [2.24, 2.45) is 0 Å². The first kappa shape index (κ1) is 19.4. The first-order valence-corrected chi connectivity index (χ1v) is 10.0. The molecule has 5 heteroatoms. The number of allylic oxidation sites excluding steroid dienone is 1. The maximum Gasteiger partial charge on any atom is 0.229 e. The van der Waals surface area contributed by atoms with Crippen LogP contribution in [0.5, 0.6) is 0 Å². The third-order valence-electron chi connectivity index (χ3n) is 5.11. The Morgan fingerprint density at radius 2 is 2.00 bits per heavy atom. The van der Waals surface area contributed by atoms with Gasteiger partial charge < -0.3 is 15.5 Å². The van der Waals surface area contributed by atoms with Gasteiger partial charge in [-0.25, -0.2) is 4.98 Å². The second-order valence-corrected chi connectivity index (χ2v) is 7.12.